The second-order valence-electron chi connectivity index (χ2n) is 3.41. The summed E-state index contributed by atoms with van der Waals surface area (Å²) in [7, 11) is 1.41. The van der Waals surface area contributed by atoms with Gasteiger partial charge in [-0.3, -0.25) is 0 Å². The Bertz CT molecular complexity index is 679. The van der Waals surface area contributed by atoms with Crippen molar-refractivity contribution in [1.82, 2.24) is 0 Å². The third kappa shape index (κ3) is 1.34. The van der Waals surface area contributed by atoms with Crippen LogP contribution in [-0.2, 0) is 4.74 Å². The molecule has 0 aliphatic rings. The lowest BCUT2D eigenvalue weighted by Gasteiger charge is -1.90. The highest BCUT2D eigenvalue weighted by molar-refractivity contribution is 7.21. The van der Waals surface area contributed by atoms with Gasteiger partial charge in [-0.1, -0.05) is 0 Å². The average molecular weight is 248 g/mol. The van der Waals surface area contributed by atoms with Gasteiger partial charge in [-0.2, -0.15) is 0 Å². The van der Waals surface area contributed by atoms with Crippen molar-refractivity contribution in [3.63, 3.8) is 0 Å². The van der Waals surface area contributed by atoms with Crippen LogP contribution in [0.2, 0.25) is 0 Å². The monoisotopic (exact) mass is 248 g/mol. The zero-order valence-corrected chi connectivity index (χ0v) is 10.2. The molecule has 0 unspecified atom stereocenters. The van der Waals surface area contributed by atoms with Crippen molar-refractivity contribution in [2.45, 2.75) is 0 Å². The molecule has 0 saturated heterocycles. The summed E-state index contributed by atoms with van der Waals surface area (Å²) in [5.41, 5.74) is 0. The average Bonchev–Trinajstić information content (AvgIpc) is 2.92. The van der Waals surface area contributed by atoms with Gasteiger partial charge in [-0.05, 0) is 29.6 Å². The van der Waals surface area contributed by atoms with Crippen LogP contribution < -0.4 is 0 Å². The molecule has 0 bridgehead atoms. The Morgan fingerprint density at radius 1 is 1.19 bits per heavy atom. The van der Waals surface area contributed by atoms with Gasteiger partial charge in [0.1, 0.15) is 4.88 Å². The second-order valence-corrected chi connectivity index (χ2v) is 5.44. The van der Waals surface area contributed by atoms with Gasteiger partial charge in [0.25, 0.3) is 0 Å². The quantitative estimate of drug-likeness (QED) is 0.610. The van der Waals surface area contributed by atoms with Crippen molar-refractivity contribution in [2.75, 3.05) is 7.11 Å². The first-order valence-corrected chi connectivity index (χ1v) is 6.47. The zero-order chi connectivity index (χ0) is 11.1. The fourth-order valence-corrected chi connectivity index (χ4v) is 3.56. The van der Waals surface area contributed by atoms with Crippen molar-refractivity contribution in [3.8, 4) is 0 Å². The van der Waals surface area contributed by atoms with Gasteiger partial charge in [0.15, 0.2) is 0 Å². The summed E-state index contributed by atoms with van der Waals surface area (Å²) in [6.45, 7) is 0. The van der Waals surface area contributed by atoms with Crippen molar-refractivity contribution >= 4 is 48.8 Å². The summed E-state index contributed by atoms with van der Waals surface area (Å²) < 4.78 is 7.12. The van der Waals surface area contributed by atoms with E-state index in [1.807, 2.05) is 6.07 Å². The minimum atomic E-state index is -0.260. The van der Waals surface area contributed by atoms with Gasteiger partial charge in [-0.25, -0.2) is 4.79 Å². The Morgan fingerprint density at radius 2 is 2.00 bits per heavy atom. The molecule has 0 amide bonds. The third-order valence-electron chi connectivity index (χ3n) is 2.52. The molecule has 2 heterocycles. The molecule has 1 aromatic carbocycles. The molecule has 0 saturated carbocycles. The molecule has 16 heavy (non-hydrogen) atoms. The van der Waals surface area contributed by atoms with Crippen molar-refractivity contribution in [1.29, 1.82) is 0 Å². The Hall–Kier alpha value is -1.39. The van der Waals surface area contributed by atoms with E-state index in [4.69, 9.17) is 4.74 Å². The smallest absolute Gasteiger partial charge is 0.348 e. The van der Waals surface area contributed by atoms with Crippen LogP contribution in [0, 0.1) is 0 Å². The van der Waals surface area contributed by atoms with E-state index < -0.39 is 0 Å². The zero-order valence-electron chi connectivity index (χ0n) is 8.52. The number of benzene rings is 1. The SMILES string of the molecule is COC(=O)c1cc2c(ccc3sccc32)s1. The van der Waals surface area contributed by atoms with Gasteiger partial charge in [0.05, 0.1) is 7.11 Å². The normalized spacial score (nSPS) is 11.1. The molecule has 0 spiro atoms. The highest BCUT2D eigenvalue weighted by atomic mass is 32.1. The minimum absolute atomic E-state index is 0.260. The second kappa shape index (κ2) is 3.57. The fourth-order valence-electron chi connectivity index (χ4n) is 1.76. The predicted molar refractivity (Wildman–Crippen MR) is 68.5 cm³/mol. The molecule has 0 aliphatic carbocycles. The molecule has 4 heteroatoms. The maximum Gasteiger partial charge on any atom is 0.348 e. The highest BCUT2D eigenvalue weighted by Gasteiger charge is 2.12. The molecule has 0 fully saturated rings. The van der Waals surface area contributed by atoms with Gasteiger partial charge < -0.3 is 4.74 Å². The summed E-state index contributed by atoms with van der Waals surface area (Å²) in [5.74, 6) is -0.260. The Balaban J connectivity index is 2.34. The minimum Gasteiger partial charge on any atom is -0.465 e. The van der Waals surface area contributed by atoms with Gasteiger partial charge in [0, 0.05) is 20.2 Å². The topological polar surface area (TPSA) is 26.3 Å². The molecule has 0 N–H and O–H groups in total. The number of carbonyl (C=O) groups excluding carboxylic acids is 1. The number of carbonyl (C=O) groups is 1. The maximum atomic E-state index is 11.4. The summed E-state index contributed by atoms with van der Waals surface area (Å²) >= 11 is 3.19. The van der Waals surface area contributed by atoms with E-state index >= 15 is 0 Å². The van der Waals surface area contributed by atoms with Crippen LogP contribution in [0.3, 0.4) is 0 Å². The lowest BCUT2D eigenvalue weighted by atomic mass is 10.2. The number of rotatable bonds is 1. The van der Waals surface area contributed by atoms with Crippen molar-refractivity contribution in [2.24, 2.45) is 0 Å². The highest BCUT2D eigenvalue weighted by Crippen LogP contribution is 2.34. The molecule has 0 aliphatic heterocycles. The molecule has 2 aromatic heterocycles. The molecular weight excluding hydrogens is 240 g/mol. The molecule has 2 nitrogen and oxygen atoms in total. The summed E-state index contributed by atoms with van der Waals surface area (Å²) in [4.78, 5) is 12.1. The number of esters is 1. The molecule has 3 rings (SSSR count). The van der Waals surface area contributed by atoms with E-state index in [-0.39, 0.29) is 5.97 Å². The Morgan fingerprint density at radius 3 is 2.81 bits per heavy atom. The van der Waals surface area contributed by atoms with E-state index in [0.29, 0.717) is 4.88 Å². The lowest BCUT2D eigenvalue weighted by molar-refractivity contribution is 0.0606. The first kappa shape index (κ1) is 9.81. The summed E-state index contributed by atoms with van der Waals surface area (Å²) in [6.07, 6.45) is 0. The molecule has 0 atom stereocenters. The van der Waals surface area contributed by atoms with Crippen LogP contribution in [0.25, 0.3) is 20.2 Å². The molecular formula is C12H8O2S2. The Labute approximate surface area is 100 Å². The number of hydrogen-bond acceptors (Lipinski definition) is 4. The van der Waals surface area contributed by atoms with Crippen LogP contribution in [0.15, 0.2) is 29.6 Å². The third-order valence-corrected chi connectivity index (χ3v) is 4.48. The van der Waals surface area contributed by atoms with E-state index in [9.17, 15) is 4.79 Å². The standard InChI is InChI=1S/C12H8O2S2/c1-14-12(13)11-6-8-7-4-5-15-9(7)2-3-10(8)16-11/h2-6H,1H3. The van der Waals surface area contributed by atoms with Gasteiger partial charge in [-0.15, -0.1) is 22.7 Å². The molecule has 0 radical (unpaired) electrons. The van der Waals surface area contributed by atoms with Crippen molar-refractivity contribution < 1.29 is 9.53 Å². The van der Waals surface area contributed by atoms with Crippen LogP contribution in [-0.4, -0.2) is 13.1 Å². The Kier molecular flexibility index (Phi) is 2.19. The summed E-state index contributed by atoms with van der Waals surface area (Å²) in [5, 5.41) is 4.43. The van der Waals surface area contributed by atoms with E-state index in [1.165, 1.54) is 28.5 Å². The number of methoxy groups -OCH3 is 1. The van der Waals surface area contributed by atoms with E-state index in [0.717, 1.165) is 10.1 Å². The fraction of sp³-hybridized carbons (Fsp3) is 0.0833. The first-order valence-electron chi connectivity index (χ1n) is 4.77. The van der Waals surface area contributed by atoms with Crippen molar-refractivity contribution in [3.05, 3.63) is 34.5 Å². The number of fused-ring (bicyclic) bond motifs is 3. The van der Waals surface area contributed by atoms with E-state index in [2.05, 4.69) is 23.6 Å². The van der Waals surface area contributed by atoms with Crippen LogP contribution in [0.5, 0.6) is 0 Å². The predicted octanol–water partition coefficient (Wildman–Crippen LogP) is 3.90. The number of thiophene rings is 2. The number of hydrogen-bond donors (Lipinski definition) is 0. The van der Waals surface area contributed by atoms with Gasteiger partial charge in [0.2, 0.25) is 0 Å². The molecule has 80 valence electrons. The van der Waals surface area contributed by atoms with Crippen LogP contribution >= 0.6 is 22.7 Å². The molecule has 3 aromatic rings. The van der Waals surface area contributed by atoms with E-state index in [1.54, 1.807) is 11.3 Å². The van der Waals surface area contributed by atoms with Gasteiger partial charge >= 0.3 is 5.97 Å². The lowest BCUT2D eigenvalue weighted by Crippen LogP contribution is -1.96. The van der Waals surface area contributed by atoms with Crippen LogP contribution in [0.4, 0.5) is 0 Å². The maximum absolute atomic E-state index is 11.4. The largest absolute Gasteiger partial charge is 0.465 e. The van der Waals surface area contributed by atoms with Crippen LogP contribution in [0.1, 0.15) is 9.67 Å². The number of ether oxygens (including phenoxy) is 1. The summed E-state index contributed by atoms with van der Waals surface area (Å²) in [6, 6.07) is 8.17. The first-order chi connectivity index (χ1) is 7.79.